The van der Waals surface area contributed by atoms with Crippen LogP contribution in [0.1, 0.15) is 27.2 Å². The van der Waals surface area contributed by atoms with E-state index in [0.717, 1.165) is 28.0 Å². The molecule has 3 aromatic rings. The molecule has 1 aromatic carbocycles. The highest BCUT2D eigenvalue weighted by Crippen LogP contribution is 2.17. The average Bonchev–Trinajstić information content (AvgIpc) is 2.88. The van der Waals surface area contributed by atoms with E-state index in [4.69, 9.17) is 0 Å². The van der Waals surface area contributed by atoms with E-state index in [0.29, 0.717) is 12.1 Å². The standard InChI is InChI=1S/C19H22N4O/c1-13-9-10-23-17(11-13)18(14(2)21-23)19(24)20-12-15-5-7-16(8-6-15)22(3)4/h5-11H,12H2,1-4H3,(H,20,24). The number of carbonyl (C=O) groups is 1. The Kier molecular flexibility index (Phi) is 4.25. The highest BCUT2D eigenvalue weighted by Gasteiger charge is 2.16. The molecule has 0 aliphatic rings. The van der Waals surface area contributed by atoms with Crippen LogP contribution >= 0.6 is 0 Å². The minimum atomic E-state index is -0.0928. The number of hydrogen-bond donors (Lipinski definition) is 1. The molecule has 5 heteroatoms. The molecule has 0 aliphatic heterocycles. The summed E-state index contributed by atoms with van der Waals surface area (Å²) in [5.41, 5.74) is 5.53. The molecule has 0 spiro atoms. The Balaban J connectivity index is 1.78. The Morgan fingerprint density at radius 2 is 1.88 bits per heavy atom. The predicted molar refractivity (Wildman–Crippen MR) is 96.6 cm³/mol. The first-order valence-corrected chi connectivity index (χ1v) is 7.96. The monoisotopic (exact) mass is 322 g/mol. The number of aryl methyl sites for hydroxylation is 2. The molecule has 5 nitrogen and oxygen atoms in total. The summed E-state index contributed by atoms with van der Waals surface area (Å²) < 4.78 is 1.75. The van der Waals surface area contributed by atoms with Gasteiger partial charge >= 0.3 is 0 Å². The number of fused-ring (bicyclic) bond motifs is 1. The van der Waals surface area contributed by atoms with E-state index < -0.39 is 0 Å². The second kappa shape index (κ2) is 6.35. The van der Waals surface area contributed by atoms with Gasteiger partial charge in [-0.05, 0) is 49.2 Å². The zero-order chi connectivity index (χ0) is 17.3. The average molecular weight is 322 g/mol. The van der Waals surface area contributed by atoms with Crippen molar-refractivity contribution < 1.29 is 4.79 Å². The first kappa shape index (κ1) is 16.1. The summed E-state index contributed by atoms with van der Waals surface area (Å²) in [7, 11) is 4.01. The lowest BCUT2D eigenvalue weighted by atomic mass is 10.1. The van der Waals surface area contributed by atoms with E-state index in [1.54, 1.807) is 4.52 Å². The lowest BCUT2D eigenvalue weighted by Crippen LogP contribution is -2.23. The molecule has 0 saturated carbocycles. The summed E-state index contributed by atoms with van der Waals surface area (Å²) in [5, 5.41) is 7.41. The molecular weight excluding hydrogens is 300 g/mol. The van der Waals surface area contributed by atoms with Crippen molar-refractivity contribution in [2.45, 2.75) is 20.4 Å². The summed E-state index contributed by atoms with van der Waals surface area (Å²) >= 11 is 0. The second-order valence-electron chi connectivity index (χ2n) is 6.24. The lowest BCUT2D eigenvalue weighted by Gasteiger charge is -2.13. The van der Waals surface area contributed by atoms with Crippen molar-refractivity contribution in [2.24, 2.45) is 0 Å². The SMILES string of the molecule is Cc1ccn2nc(C)c(C(=O)NCc3ccc(N(C)C)cc3)c2c1. The Morgan fingerprint density at radius 3 is 2.54 bits per heavy atom. The third-order valence-electron chi connectivity index (χ3n) is 4.10. The van der Waals surface area contributed by atoms with Gasteiger partial charge in [-0.1, -0.05) is 12.1 Å². The number of hydrogen-bond acceptors (Lipinski definition) is 3. The van der Waals surface area contributed by atoms with Crippen LogP contribution < -0.4 is 10.2 Å². The van der Waals surface area contributed by atoms with Crippen molar-refractivity contribution >= 4 is 17.1 Å². The highest BCUT2D eigenvalue weighted by molar-refractivity contribution is 6.02. The highest BCUT2D eigenvalue weighted by atomic mass is 16.1. The van der Waals surface area contributed by atoms with Gasteiger partial charge in [0.15, 0.2) is 0 Å². The molecule has 2 heterocycles. The summed E-state index contributed by atoms with van der Waals surface area (Å²) in [6.07, 6.45) is 1.88. The molecule has 2 aromatic heterocycles. The summed E-state index contributed by atoms with van der Waals surface area (Å²) in [5.74, 6) is -0.0928. The lowest BCUT2D eigenvalue weighted by molar-refractivity contribution is 0.0952. The summed E-state index contributed by atoms with van der Waals surface area (Å²) in [6, 6.07) is 12.1. The molecular formula is C19H22N4O. The predicted octanol–water partition coefficient (Wildman–Crippen LogP) is 2.95. The second-order valence-corrected chi connectivity index (χ2v) is 6.24. The van der Waals surface area contributed by atoms with Gasteiger partial charge in [0.1, 0.15) is 0 Å². The third-order valence-corrected chi connectivity index (χ3v) is 4.10. The van der Waals surface area contributed by atoms with Gasteiger partial charge in [0.2, 0.25) is 0 Å². The number of nitrogens with one attached hydrogen (secondary N) is 1. The van der Waals surface area contributed by atoms with E-state index in [1.165, 1.54) is 0 Å². The van der Waals surface area contributed by atoms with Crippen LogP contribution in [0.3, 0.4) is 0 Å². The fourth-order valence-corrected chi connectivity index (χ4v) is 2.73. The number of benzene rings is 1. The van der Waals surface area contributed by atoms with Gasteiger partial charge in [-0.3, -0.25) is 4.79 Å². The summed E-state index contributed by atoms with van der Waals surface area (Å²) in [4.78, 5) is 14.7. The van der Waals surface area contributed by atoms with Gasteiger partial charge in [-0.2, -0.15) is 5.10 Å². The summed E-state index contributed by atoms with van der Waals surface area (Å²) in [6.45, 7) is 4.37. The molecule has 1 amide bonds. The number of rotatable bonds is 4. The van der Waals surface area contributed by atoms with Crippen molar-refractivity contribution in [1.29, 1.82) is 0 Å². The Bertz CT molecular complexity index is 878. The number of aromatic nitrogens is 2. The van der Waals surface area contributed by atoms with Gasteiger partial charge < -0.3 is 10.2 Å². The van der Waals surface area contributed by atoms with Gasteiger partial charge in [-0.15, -0.1) is 0 Å². The number of nitrogens with zero attached hydrogens (tertiary/aromatic N) is 3. The van der Waals surface area contributed by atoms with Crippen LogP contribution in [0.4, 0.5) is 5.69 Å². The zero-order valence-corrected chi connectivity index (χ0v) is 14.5. The molecule has 3 rings (SSSR count). The van der Waals surface area contributed by atoms with Crippen LogP contribution in [0, 0.1) is 13.8 Å². The van der Waals surface area contributed by atoms with E-state index in [2.05, 4.69) is 10.4 Å². The Hall–Kier alpha value is -2.82. The van der Waals surface area contributed by atoms with Crippen LogP contribution in [0.15, 0.2) is 42.6 Å². The van der Waals surface area contributed by atoms with Crippen molar-refractivity contribution in [3.05, 3.63) is 65.0 Å². The Morgan fingerprint density at radius 1 is 1.17 bits per heavy atom. The zero-order valence-electron chi connectivity index (χ0n) is 14.5. The molecule has 0 aliphatic carbocycles. The maximum absolute atomic E-state index is 12.6. The van der Waals surface area contributed by atoms with E-state index in [1.807, 2.05) is 75.4 Å². The number of pyridine rings is 1. The fraction of sp³-hybridized carbons (Fsp3) is 0.263. The smallest absolute Gasteiger partial charge is 0.255 e. The van der Waals surface area contributed by atoms with Crippen LogP contribution in [0.2, 0.25) is 0 Å². The Labute approximate surface area is 141 Å². The van der Waals surface area contributed by atoms with Crippen molar-refractivity contribution in [2.75, 3.05) is 19.0 Å². The van der Waals surface area contributed by atoms with Gasteiger partial charge in [-0.25, -0.2) is 4.52 Å². The van der Waals surface area contributed by atoms with Crippen LogP contribution in [0.25, 0.3) is 5.52 Å². The third kappa shape index (κ3) is 3.11. The normalized spacial score (nSPS) is 10.8. The topological polar surface area (TPSA) is 49.6 Å². The molecule has 0 saturated heterocycles. The molecule has 1 N–H and O–H groups in total. The fourth-order valence-electron chi connectivity index (χ4n) is 2.73. The molecule has 0 radical (unpaired) electrons. The number of amides is 1. The minimum absolute atomic E-state index is 0.0928. The molecule has 0 unspecified atom stereocenters. The quantitative estimate of drug-likeness (QED) is 0.803. The van der Waals surface area contributed by atoms with Crippen LogP contribution in [-0.4, -0.2) is 29.6 Å². The first-order chi connectivity index (χ1) is 11.5. The number of carbonyl (C=O) groups excluding carboxylic acids is 1. The van der Waals surface area contributed by atoms with E-state index in [-0.39, 0.29) is 5.91 Å². The van der Waals surface area contributed by atoms with Crippen LogP contribution in [0.5, 0.6) is 0 Å². The maximum Gasteiger partial charge on any atom is 0.255 e. The molecule has 0 fully saturated rings. The first-order valence-electron chi connectivity index (χ1n) is 7.96. The van der Waals surface area contributed by atoms with Crippen molar-refractivity contribution in [3.8, 4) is 0 Å². The van der Waals surface area contributed by atoms with E-state index >= 15 is 0 Å². The molecule has 24 heavy (non-hydrogen) atoms. The van der Waals surface area contributed by atoms with Crippen molar-refractivity contribution in [1.82, 2.24) is 14.9 Å². The van der Waals surface area contributed by atoms with Crippen LogP contribution in [-0.2, 0) is 6.54 Å². The minimum Gasteiger partial charge on any atom is -0.378 e. The largest absolute Gasteiger partial charge is 0.378 e. The van der Waals surface area contributed by atoms with E-state index in [9.17, 15) is 4.79 Å². The van der Waals surface area contributed by atoms with Crippen molar-refractivity contribution in [3.63, 3.8) is 0 Å². The number of anilines is 1. The van der Waals surface area contributed by atoms with Gasteiger partial charge in [0.25, 0.3) is 5.91 Å². The maximum atomic E-state index is 12.6. The van der Waals surface area contributed by atoms with Gasteiger partial charge in [0, 0.05) is 32.5 Å². The molecule has 0 atom stereocenters. The van der Waals surface area contributed by atoms with Gasteiger partial charge in [0.05, 0.1) is 16.8 Å². The molecule has 124 valence electrons. The molecule has 0 bridgehead atoms.